The zero-order valence-electron chi connectivity index (χ0n) is 15.8. The molecule has 2 unspecified atom stereocenters. The van der Waals surface area contributed by atoms with Crippen LogP contribution in [0.1, 0.15) is 28.4 Å². The largest absolute Gasteiger partial charge is 0.579 e. The van der Waals surface area contributed by atoms with Gasteiger partial charge in [-0.15, -0.1) is 0 Å². The molecule has 10 heteroatoms. The number of benzene rings is 2. The highest BCUT2D eigenvalue weighted by Gasteiger charge is 2.43. The van der Waals surface area contributed by atoms with Crippen molar-refractivity contribution in [3.8, 4) is 0 Å². The van der Waals surface area contributed by atoms with E-state index in [4.69, 9.17) is 4.74 Å². The van der Waals surface area contributed by atoms with Gasteiger partial charge in [0.25, 0.3) is 0 Å². The van der Waals surface area contributed by atoms with Crippen molar-refractivity contribution in [1.29, 1.82) is 0 Å². The molecule has 0 saturated carbocycles. The Morgan fingerprint density at radius 3 is 2.40 bits per heavy atom. The maximum absolute atomic E-state index is 12.0. The second-order valence-electron chi connectivity index (χ2n) is 6.75. The summed E-state index contributed by atoms with van der Waals surface area (Å²) in [4.78, 5) is 35.0. The fourth-order valence-corrected chi connectivity index (χ4v) is 3.97. The maximum Gasteiger partial charge on any atom is 0.408 e. The van der Waals surface area contributed by atoms with Gasteiger partial charge in [-0.3, -0.25) is 0 Å². The molecular weight excluding hydrogens is 412 g/mol. The molecule has 1 aliphatic rings. The SMILES string of the molecule is O=C(N[C@@H](Cc1ccc(C2CC(=O)[N+]([O-])(O)S2)cc1)C(=O)O)OCc1ccccc1. The zero-order valence-corrected chi connectivity index (χ0v) is 16.6. The third-order valence-electron chi connectivity index (χ3n) is 4.54. The number of carboxylic acids is 1. The standard InChI is InChI=1S/C20H20N2O7S/c23-18-11-17(30-22(18,27)28)15-8-6-13(7-9-15)10-16(19(24)25)21-20(26)29-12-14-4-2-1-3-5-14/h1-9,16-17,27H,10-12H2,(H,21,26)(H,24,25)/t16-,17?/m0/s1. The second-order valence-corrected chi connectivity index (χ2v) is 8.03. The molecule has 0 aliphatic carbocycles. The van der Waals surface area contributed by atoms with E-state index >= 15 is 0 Å². The van der Waals surface area contributed by atoms with E-state index in [9.17, 15) is 29.9 Å². The van der Waals surface area contributed by atoms with Crippen molar-refractivity contribution in [3.05, 3.63) is 76.5 Å². The van der Waals surface area contributed by atoms with Crippen LogP contribution in [0.2, 0.25) is 0 Å². The first-order valence-corrected chi connectivity index (χ1v) is 9.92. The van der Waals surface area contributed by atoms with Gasteiger partial charge in [0.05, 0.1) is 6.42 Å². The van der Waals surface area contributed by atoms with E-state index in [1.165, 1.54) is 0 Å². The summed E-state index contributed by atoms with van der Waals surface area (Å²) in [5.41, 5.74) is 2.08. The minimum absolute atomic E-state index is 0.0222. The predicted octanol–water partition coefficient (Wildman–Crippen LogP) is 2.93. The molecule has 3 rings (SSSR count). The summed E-state index contributed by atoms with van der Waals surface area (Å²) in [6.45, 7) is 0.0239. The topological polar surface area (TPSA) is 136 Å². The second kappa shape index (κ2) is 9.26. The van der Waals surface area contributed by atoms with Crippen molar-refractivity contribution >= 4 is 29.9 Å². The Morgan fingerprint density at radius 2 is 1.83 bits per heavy atom. The van der Waals surface area contributed by atoms with E-state index < -0.39 is 33.5 Å². The molecule has 2 aromatic rings. The van der Waals surface area contributed by atoms with Gasteiger partial charge in [0.2, 0.25) is 0 Å². The number of amides is 2. The summed E-state index contributed by atoms with van der Waals surface area (Å²) in [5, 5.41) is 32.2. The third kappa shape index (κ3) is 5.57. The molecule has 9 nitrogen and oxygen atoms in total. The Labute approximate surface area is 176 Å². The van der Waals surface area contributed by atoms with E-state index in [0.717, 1.165) is 5.56 Å². The van der Waals surface area contributed by atoms with Crippen LogP contribution in [0.15, 0.2) is 54.6 Å². The van der Waals surface area contributed by atoms with Gasteiger partial charge in [0, 0.05) is 6.42 Å². The first-order valence-electron chi connectivity index (χ1n) is 9.08. The smallest absolute Gasteiger partial charge is 0.408 e. The Bertz CT molecular complexity index is 919. The van der Waals surface area contributed by atoms with Crippen molar-refractivity contribution in [1.82, 2.24) is 5.32 Å². The number of ether oxygens (including phenoxy) is 1. The lowest BCUT2D eigenvalue weighted by molar-refractivity contribution is -0.880. The number of rotatable bonds is 7. The highest BCUT2D eigenvalue weighted by molar-refractivity contribution is 7.94. The van der Waals surface area contributed by atoms with E-state index in [1.807, 2.05) is 6.07 Å². The lowest BCUT2D eigenvalue weighted by Crippen LogP contribution is -2.42. The molecule has 0 aromatic heterocycles. The minimum atomic E-state index is -1.96. The number of carboxylic acid groups (broad SMARTS) is 1. The lowest BCUT2D eigenvalue weighted by Gasteiger charge is -2.21. The van der Waals surface area contributed by atoms with Gasteiger partial charge in [-0.1, -0.05) is 58.8 Å². The summed E-state index contributed by atoms with van der Waals surface area (Å²) in [5.74, 6) is -2.03. The van der Waals surface area contributed by atoms with Crippen molar-refractivity contribution in [2.45, 2.75) is 30.7 Å². The number of nitrogens with zero attached hydrogens (tertiary/aromatic N) is 1. The number of quaternary nitrogens is 1. The average Bonchev–Trinajstić information content (AvgIpc) is 2.99. The van der Waals surface area contributed by atoms with E-state index in [2.05, 4.69) is 5.32 Å². The number of carbonyl (C=O) groups is 3. The fraction of sp³-hybridized carbons (Fsp3) is 0.250. The number of carbonyl (C=O) groups excluding carboxylic acids is 2. The van der Waals surface area contributed by atoms with Crippen molar-refractivity contribution in [3.63, 3.8) is 0 Å². The monoisotopic (exact) mass is 432 g/mol. The summed E-state index contributed by atoms with van der Waals surface area (Å²) in [7, 11) is 0. The molecule has 2 amide bonds. The molecule has 0 radical (unpaired) electrons. The van der Waals surface area contributed by atoms with Crippen LogP contribution in [0.4, 0.5) is 4.79 Å². The van der Waals surface area contributed by atoms with E-state index in [0.29, 0.717) is 23.1 Å². The number of nitrogens with one attached hydrogen (secondary N) is 1. The average molecular weight is 432 g/mol. The van der Waals surface area contributed by atoms with Crippen LogP contribution in [0.3, 0.4) is 0 Å². The van der Waals surface area contributed by atoms with Gasteiger partial charge >= 0.3 is 18.0 Å². The maximum atomic E-state index is 12.0. The van der Waals surface area contributed by atoms with Crippen molar-refractivity contribution in [2.24, 2.45) is 0 Å². The van der Waals surface area contributed by atoms with Gasteiger partial charge in [-0.05, 0) is 16.7 Å². The van der Waals surface area contributed by atoms with Gasteiger partial charge in [-0.2, -0.15) is 5.21 Å². The third-order valence-corrected chi connectivity index (χ3v) is 5.72. The van der Waals surface area contributed by atoms with Crippen LogP contribution in [0.5, 0.6) is 0 Å². The van der Waals surface area contributed by atoms with Crippen LogP contribution in [0, 0.1) is 5.21 Å². The quantitative estimate of drug-likeness (QED) is 0.263. The summed E-state index contributed by atoms with van der Waals surface area (Å²) in [6.07, 6.45) is -0.901. The fourth-order valence-electron chi connectivity index (χ4n) is 2.93. The van der Waals surface area contributed by atoms with E-state index in [1.54, 1.807) is 48.5 Å². The molecule has 1 heterocycles. The first-order chi connectivity index (χ1) is 14.2. The zero-order chi connectivity index (χ0) is 21.7. The first kappa shape index (κ1) is 21.8. The normalized spacial score (nSPS) is 21.8. The molecule has 3 N–H and O–H groups in total. The van der Waals surface area contributed by atoms with Crippen LogP contribution in [-0.4, -0.2) is 38.5 Å². The Hall–Kier alpha value is -2.92. The molecule has 30 heavy (non-hydrogen) atoms. The molecular formula is C20H20N2O7S. The molecule has 3 atom stereocenters. The number of hydrogen-bond acceptors (Lipinski definition) is 7. The summed E-state index contributed by atoms with van der Waals surface area (Å²) >= 11 is 0.586. The molecule has 1 saturated heterocycles. The van der Waals surface area contributed by atoms with Gasteiger partial charge in [0.15, 0.2) is 0 Å². The van der Waals surface area contributed by atoms with Crippen molar-refractivity contribution in [2.75, 3.05) is 0 Å². The minimum Gasteiger partial charge on any atom is -0.579 e. The van der Waals surface area contributed by atoms with Crippen LogP contribution >= 0.6 is 11.9 Å². The van der Waals surface area contributed by atoms with Crippen molar-refractivity contribution < 1.29 is 33.6 Å². The van der Waals surface area contributed by atoms with Crippen LogP contribution < -0.4 is 5.32 Å². The molecule has 158 valence electrons. The Morgan fingerprint density at radius 1 is 1.17 bits per heavy atom. The number of hydrogen-bond donors (Lipinski definition) is 3. The number of hydroxylamine groups is 2. The van der Waals surface area contributed by atoms with Crippen LogP contribution in [-0.2, 0) is 27.4 Å². The number of alkyl carbamates (subject to hydrolysis) is 1. The summed E-state index contributed by atoms with van der Waals surface area (Å²) in [6, 6.07) is 14.5. The molecule has 1 fully saturated rings. The van der Waals surface area contributed by atoms with Gasteiger partial charge in [-0.25, -0.2) is 14.4 Å². The summed E-state index contributed by atoms with van der Waals surface area (Å²) < 4.78 is 3.10. The predicted molar refractivity (Wildman–Crippen MR) is 107 cm³/mol. The van der Waals surface area contributed by atoms with Crippen LogP contribution in [0.25, 0.3) is 0 Å². The van der Waals surface area contributed by atoms with Gasteiger partial charge < -0.3 is 20.4 Å². The molecule has 2 aromatic carbocycles. The Balaban J connectivity index is 1.56. The molecule has 1 aliphatic heterocycles. The van der Waals surface area contributed by atoms with Gasteiger partial charge in [0.1, 0.15) is 29.8 Å². The highest BCUT2D eigenvalue weighted by atomic mass is 32.2. The molecule has 0 spiro atoms. The highest BCUT2D eigenvalue weighted by Crippen LogP contribution is 2.45. The number of aliphatic carboxylic acids is 1. The molecule has 0 bridgehead atoms. The Kier molecular flexibility index (Phi) is 6.73. The lowest BCUT2D eigenvalue weighted by atomic mass is 10.0. The van der Waals surface area contributed by atoms with E-state index in [-0.39, 0.29) is 19.4 Å².